The van der Waals surface area contributed by atoms with E-state index in [0.717, 1.165) is 6.42 Å². The van der Waals surface area contributed by atoms with Crippen molar-refractivity contribution in [1.82, 2.24) is 0 Å². The fourth-order valence-corrected chi connectivity index (χ4v) is 3.08. The summed E-state index contributed by atoms with van der Waals surface area (Å²) >= 11 is 0. The molecule has 0 spiro atoms. The topological polar surface area (TPSA) is 55.8 Å². The van der Waals surface area contributed by atoms with Crippen molar-refractivity contribution in [2.75, 3.05) is 14.2 Å². The smallest absolute Gasteiger partial charge is 0.314 e. The van der Waals surface area contributed by atoms with Gasteiger partial charge in [-0.3, -0.25) is 4.79 Å². The Labute approximate surface area is 117 Å². The normalized spacial score (nSPS) is 16.4. The van der Waals surface area contributed by atoms with E-state index in [2.05, 4.69) is 0 Å². The Kier molecular flexibility index (Phi) is 3.63. The molecule has 1 fully saturated rings. The minimum absolute atomic E-state index is 0.103. The van der Waals surface area contributed by atoms with Crippen LogP contribution in [0.25, 0.3) is 0 Å². The van der Waals surface area contributed by atoms with Crippen molar-refractivity contribution in [3.05, 3.63) is 22.5 Å². The summed E-state index contributed by atoms with van der Waals surface area (Å²) in [5.74, 6) is -0.961. The molecular formula is C15H19FO4. The van der Waals surface area contributed by atoms with Crippen LogP contribution in [0.15, 0.2) is 0 Å². The highest BCUT2D eigenvalue weighted by Gasteiger charge is 2.49. The van der Waals surface area contributed by atoms with Crippen molar-refractivity contribution in [1.29, 1.82) is 0 Å². The average molecular weight is 282 g/mol. The maximum absolute atomic E-state index is 14.2. The van der Waals surface area contributed by atoms with E-state index in [-0.39, 0.29) is 11.3 Å². The first-order valence-corrected chi connectivity index (χ1v) is 6.55. The SMILES string of the molecule is COc1c(C)c(C2(C(=O)O)CCC2)c(OC)c(C)c1F. The molecule has 1 aliphatic carbocycles. The van der Waals surface area contributed by atoms with Gasteiger partial charge in [0.25, 0.3) is 0 Å². The van der Waals surface area contributed by atoms with Crippen LogP contribution in [0.5, 0.6) is 11.5 Å². The third-order valence-electron chi connectivity index (χ3n) is 4.32. The van der Waals surface area contributed by atoms with Crippen LogP contribution < -0.4 is 9.47 Å². The summed E-state index contributed by atoms with van der Waals surface area (Å²) in [6.07, 6.45) is 1.91. The Morgan fingerprint density at radius 1 is 1.15 bits per heavy atom. The van der Waals surface area contributed by atoms with Gasteiger partial charge in [0.15, 0.2) is 11.6 Å². The van der Waals surface area contributed by atoms with E-state index in [4.69, 9.17) is 9.47 Å². The Morgan fingerprint density at radius 3 is 2.05 bits per heavy atom. The van der Waals surface area contributed by atoms with Gasteiger partial charge >= 0.3 is 5.97 Å². The third kappa shape index (κ3) is 1.76. The van der Waals surface area contributed by atoms with Gasteiger partial charge in [0.05, 0.1) is 19.6 Å². The highest BCUT2D eigenvalue weighted by molar-refractivity contribution is 5.85. The summed E-state index contributed by atoms with van der Waals surface area (Å²) in [4.78, 5) is 11.7. The molecule has 0 amide bonds. The van der Waals surface area contributed by atoms with Crippen molar-refractivity contribution < 1.29 is 23.8 Å². The number of halogens is 1. The predicted molar refractivity (Wildman–Crippen MR) is 72.1 cm³/mol. The average Bonchev–Trinajstić information content (AvgIpc) is 2.34. The van der Waals surface area contributed by atoms with Crippen molar-refractivity contribution in [2.45, 2.75) is 38.5 Å². The Hall–Kier alpha value is -1.78. The summed E-state index contributed by atoms with van der Waals surface area (Å²) in [7, 11) is 2.82. The van der Waals surface area contributed by atoms with E-state index in [0.29, 0.717) is 29.7 Å². The number of carboxylic acid groups (broad SMARTS) is 1. The molecule has 0 unspecified atom stereocenters. The Morgan fingerprint density at radius 2 is 1.70 bits per heavy atom. The Bertz CT molecular complexity index is 562. The number of methoxy groups -OCH3 is 2. The van der Waals surface area contributed by atoms with E-state index >= 15 is 0 Å². The lowest BCUT2D eigenvalue weighted by atomic mass is 9.62. The van der Waals surface area contributed by atoms with Gasteiger partial charge in [0, 0.05) is 16.7 Å². The number of carboxylic acids is 1. The first kappa shape index (κ1) is 14.6. The molecule has 0 aromatic heterocycles. The van der Waals surface area contributed by atoms with Crippen molar-refractivity contribution >= 4 is 5.97 Å². The van der Waals surface area contributed by atoms with Crippen molar-refractivity contribution in [3.8, 4) is 11.5 Å². The number of carbonyl (C=O) groups is 1. The molecule has 1 aliphatic rings. The number of aliphatic carboxylic acids is 1. The first-order chi connectivity index (χ1) is 9.40. The fraction of sp³-hybridized carbons (Fsp3) is 0.533. The summed E-state index contributed by atoms with van der Waals surface area (Å²) in [5.41, 5.74) is 0.364. The van der Waals surface area contributed by atoms with Gasteiger partial charge < -0.3 is 14.6 Å². The maximum Gasteiger partial charge on any atom is 0.314 e. The molecule has 0 radical (unpaired) electrons. The number of rotatable bonds is 4. The molecule has 1 saturated carbocycles. The van der Waals surface area contributed by atoms with Gasteiger partial charge in [-0.2, -0.15) is 0 Å². The van der Waals surface area contributed by atoms with E-state index < -0.39 is 17.2 Å². The second kappa shape index (κ2) is 4.96. The molecule has 1 aromatic rings. The zero-order valence-electron chi connectivity index (χ0n) is 12.2. The number of ether oxygens (including phenoxy) is 2. The lowest BCUT2D eigenvalue weighted by molar-refractivity contribution is -0.147. The second-order valence-corrected chi connectivity index (χ2v) is 5.25. The summed E-state index contributed by atoms with van der Waals surface area (Å²) in [5, 5.41) is 9.62. The molecular weight excluding hydrogens is 263 g/mol. The standard InChI is InChI=1S/C15H19FO4/c1-8-10(15(14(17)18)6-5-7-15)12(19-3)9(2)11(16)13(8)20-4/h5-7H2,1-4H3,(H,17,18). The molecule has 5 heteroatoms. The molecule has 0 saturated heterocycles. The lowest BCUT2D eigenvalue weighted by Gasteiger charge is -2.40. The predicted octanol–water partition coefficient (Wildman–Crippen LogP) is 2.97. The molecule has 1 N–H and O–H groups in total. The van der Waals surface area contributed by atoms with Gasteiger partial charge in [-0.25, -0.2) is 4.39 Å². The molecule has 1 aromatic carbocycles. The van der Waals surface area contributed by atoms with Crippen LogP contribution >= 0.6 is 0 Å². The zero-order chi connectivity index (χ0) is 15.1. The summed E-state index contributed by atoms with van der Waals surface area (Å²) < 4.78 is 24.7. The second-order valence-electron chi connectivity index (χ2n) is 5.25. The van der Waals surface area contributed by atoms with Crippen LogP contribution in [0, 0.1) is 19.7 Å². The summed E-state index contributed by atoms with van der Waals surface area (Å²) in [6, 6.07) is 0. The van der Waals surface area contributed by atoms with Crippen LogP contribution in [-0.2, 0) is 10.2 Å². The van der Waals surface area contributed by atoms with Crippen LogP contribution in [0.2, 0.25) is 0 Å². The van der Waals surface area contributed by atoms with E-state index in [1.54, 1.807) is 13.8 Å². The number of hydrogen-bond acceptors (Lipinski definition) is 3. The van der Waals surface area contributed by atoms with Crippen LogP contribution in [0.1, 0.15) is 36.0 Å². The van der Waals surface area contributed by atoms with Crippen molar-refractivity contribution in [3.63, 3.8) is 0 Å². The van der Waals surface area contributed by atoms with Gasteiger partial charge in [0.1, 0.15) is 5.75 Å². The quantitative estimate of drug-likeness (QED) is 0.922. The van der Waals surface area contributed by atoms with Gasteiger partial charge in [-0.1, -0.05) is 6.42 Å². The van der Waals surface area contributed by atoms with Gasteiger partial charge in [0.2, 0.25) is 0 Å². The lowest BCUT2D eigenvalue weighted by Crippen LogP contribution is -2.43. The van der Waals surface area contributed by atoms with Crippen LogP contribution in [0.3, 0.4) is 0 Å². The monoisotopic (exact) mass is 282 g/mol. The largest absolute Gasteiger partial charge is 0.496 e. The molecule has 0 heterocycles. The van der Waals surface area contributed by atoms with Crippen molar-refractivity contribution in [2.24, 2.45) is 0 Å². The third-order valence-corrected chi connectivity index (χ3v) is 4.32. The summed E-state index contributed by atoms with van der Waals surface area (Å²) in [6.45, 7) is 3.26. The van der Waals surface area contributed by atoms with E-state index in [9.17, 15) is 14.3 Å². The first-order valence-electron chi connectivity index (χ1n) is 6.55. The highest BCUT2D eigenvalue weighted by atomic mass is 19.1. The van der Waals surface area contributed by atoms with Crippen LogP contribution in [-0.4, -0.2) is 25.3 Å². The van der Waals surface area contributed by atoms with E-state index in [1.165, 1.54) is 14.2 Å². The molecule has 0 aliphatic heterocycles. The zero-order valence-corrected chi connectivity index (χ0v) is 12.2. The maximum atomic E-state index is 14.2. The molecule has 20 heavy (non-hydrogen) atoms. The van der Waals surface area contributed by atoms with E-state index in [1.807, 2.05) is 0 Å². The van der Waals surface area contributed by atoms with Gasteiger partial charge in [-0.05, 0) is 26.7 Å². The number of hydrogen-bond donors (Lipinski definition) is 1. The molecule has 110 valence electrons. The number of benzene rings is 1. The fourth-order valence-electron chi connectivity index (χ4n) is 3.08. The highest BCUT2D eigenvalue weighted by Crippen LogP contribution is 2.52. The molecule has 2 rings (SSSR count). The van der Waals surface area contributed by atoms with Gasteiger partial charge in [-0.15, -0.1) is 0 Å². The molecule has 0 bridgehead atoms. The minimum atomic E-state index is -0.985. The Balaban J connectivity index is 2.81. The molecule has 0 atom stereocenters. The minimum Gasteiger partial charge on any atom is -0.496 e. The van der Waals surface area contributed by atoms with Crippen LogP contribution in [0.4, 0.5) is 4.39 Å². The molecule has 4 nitrogen and oxygen atoms in total.